The fourth-order valence-corrected chi connectivity index (χ4v) is 5.38. The maximum atomic E-state index is 13.0. The summed E-state index contributed by atoms with van der Waals surface area (Å²) in [5, 5.41) is 0. The second kappa shape index (κ2) is 6.83. The SMILES string of the molecule is Cc1ccc(S(=O)(=O)c2ccc(N)c(S(=O)(=O)c3ccc(C)cc3)c2)cc1. The third-order valence-corrected chi connectivity index (χ3v) is 7.84. The molecule has 0 spiro atoms. The summed E-state index contributed by atoms with van der Waals surface area (Å²) < 4.78 is 51.7. The first-order valence-electron chi connectivity index (χ1n) is 8.15. The maximum absolute atomic E-state index is 13.0. The van der Waals surface area contributed by atoms with Gasteiger partial charge in [-0.1, -0.05) is 35.4 Å². The monoisotopic (exact) mass is 401 g/mol. The number of hydrogen-bond donors (Lipinski definition) is 1. The Bertz CT molecular complexity index is 1200. The molecule has 3 aromatic carbocycles. The zero-order valence-corrected chi connectivity index (χ0v) is 16.5. The van der Waals surface area contributed by atoms with Crippen molar-refractivity contribution >= 4 is 25.4 Å². The molecule has 7 heteroatoms. The van der Waals surface area contributed by atoms with Crippen molar-refractivity contribution in [3.63, 3.8) is 0 Å². The van der Waals surface area contributed by atoms with Crippen molar-refractivity contribution in [1.29, 1.82) is 0 Å². The second-order valence-corrected chi connectivity index (χ2v) is 10.2. The molecule has 3 rings (SSSR count). The van der Waals surface area contributed by atoms with Crippen LogP contribution in [-0.4, -0.2) is 16.8 Å². The average Bonchev–Trinajstić information content (AvgIpc) is 2.62. The minimum Gasteiger partial charge on any atom is -0.398 e. The van der Waals surface area contributed by atoms with Crippen molar-refractivity contribution < 1.29 is 16.8 Å². The summed E-state index contributed by atoms with van der Waals surface area (Å²) in [6, 6.07) is 16.4. The number of sulfone groups is 2. The topological polar surface area (TPSA) is 94.3 Å². The van der Waals surface area contributed by atoms with Crippen LogP contribution in [-0.2, 0) is 19.7 Å². The molecule has 0 unspecified atom stereocenters. The Balaban J connectivity index is 2.15. The number of nitrogen functional groups attached to an aromatic ring is 1. The first-order chi connectivity index (χ1) is 12.6. The van der Waals surface area contributed by atoms with Gasteiger partial charge in [-0.05, 0) is 56.3 Å². The fraction of sp³-hybridized carbons (Fsp3) is 0.100. The highest BCUT2D eigenvalue weighted by molar-refractivity contribution is 7.92. The molecule has 0 saturated carbocycles. The number of rotatable bonds is 4. The summed E-state index contributed by atoms with van der Waals surface area (Å²) in [4.78, 5) is -0.188. The zero-order chi connectivity index (χ0) is 19.8. The van der Waals surface area contributed by atoms with E-state index in [1.54, 1.807) is 24.3 Å². The minimum absolute atomic E-state index is 0.00145. The molecule has 0 atom stereocenters. The Morgan fingerprint density at radius 3 is 1.48 bits per heavy atom. The van der Waals surface area contributed by atoms with E-state index in [1.807, 2.05) is 13.8 Å². The predicted molar refractivity (Wildman–Crippen MR) is 104 cm³/mol. The molecule has 2 N–H and O–H groups in total. The third kappa shape index (κ3) is 3.61. The number of nitrogens with two attached hydrogens (primary N) is 1. The molecule has 0 heterocycles. The lowest BCUT2D eigenvalue weighted by Crippen LogP contribution is -2.09. The molecule has 3 aromatic rings. The lowest BCUT2D eigenvalue weighted by molar-refractivity contribution is 0.594. The minimum atomic E-state index is -3.95. The predicted octanol–water partition coefficient (Wildman–Crippen LogP) is 3.55. The van der Waals surface area contributed by atoms with Gasteiger partial charge < -0.3 is 5.73 Å². The van der Waals surface area contributed by atoms with Crippen molar-refractivity contribution in [3.8, 4) is 0 Å². The molecule has 0 aromatic heterocycles. The summed E-state index contributed by atoms with van der Waals surface area (Å²) >= 11 is 0. The summed E-state index contributed by atoms with van der Waals surface area (Å²) in [5.74, 6) is 0. The number of hydrogen-bond acceptors (Lipinski definition) is 5. The van der Waals surface area contributed by atoms with Crippen LogP contribution < -0.4 is 5.73 Å². The summed E-state index contributed by atoms with van der Waals surface area (Å²) in [6.45, 7) is 3.70. The fourth-order valence-electron chi connectivity index (χ4n) is 2.61. The molecule has 0 amide bonds. The van der Waals surface area contributed by atoms with Crippen LogP contribution in [0.4, 0.5) is 5.69 Å². The summed E-state index contributed by atoms with van der Waals surface area (Å²) in [6.07, 6.45) is 0. The van der Waals surface area contributed by atoms with E-state index in [1.165, 1.54) is 36.4 Å². The van der Waals surface area contributed by atoms with Gasteiger partial charge in [-0.15, -0.1) is 0 Å². The number of aryl methyl sites for hydroxylation is 2. The quantitative estimate of drug-likeness (QED) is 0.675. The van der Waals surface area contributed by atoms with Crippen LogP contribution in [0.2, 0.25) is 0 Å². The van der Waals surface area contributed by atoms with Gasteiger partial charge >= 0.3 is 0 Å². The largest absolute Gasteiger partial charge is 0.398 e. The van der Waals surface area contributed by atoms with E-state index in [9.17, 15) is 16.8 Å². The van der Waals surface area contributed by atoms with Crippen LogP contribution in [0.1, 0.15) is 11.1 Å². The van der Waals surface area contributed by atoms with Gasteiger partial charge in [0.1, 0.15) is 0 Å². The highest BCUT2D eigenvalue weighted by atomic mass is 32.2. The van der Waals surface area contributed by atoms with Gasteiger partial charge in [0.15, 0.2) is 0 Å². The number of anilines is 1. The molecule has 27 heavy (non-hydrogen) atoms. The van der Waals surface area contributed by atoms with E-state index in [-0.39, 0.29) is 25.3 Å². The molecule has 140 valence electrons. The Labute approximate surface area is 159 Å². The normalized spacial score (nSPS) is 12.1. The smallest absolute Gasteiger partial charge is 0.208 e. The van der Waals surface area contributed by atoms with Gasteiger partial charge in [0.2, 0.25) is 19.7 Å². The molecule has 5 nitrogen and oxygen atoms in total. The van der Waals surface area contributed by atoms with Crippen LogP contribution in [0.5, 0.6) is 0 Å². The molecule has 0 fully saturated rings. The van der Waals surface area contributed by atoms with E-state index in [4.69, 9.17) is 5.73 Å². The van der Waals surface area contributed by atoms with Gasteiger partial charge in [-0.25, -0.2) is 16.8 Å². The molecule has 0 radical (unpaired) electrons. The van der Waals surface area contributed by atoms with Crippen molar-refractivity contribution in [2.45, 2.75) is 33.4 Å². The first kappa shape index (κ1) is 19.1. The van der Waals surface area contributed by atoms with Gasteiger partial charge in [0, 0.05) is 0 Å². The average molecular weight is 402 g/mol. The maximum Gasteiger partial charge on any atom is 0.208 e. The summed E-state index contributed by atoms with van der Waals surface area (Å²) in [7, 11) is -7.81. The second-order valence-electron chi connectivity index (χ2n) is 6.33. The van der Waals surface area contributed by atoms with Crippen LogP contribution in [0.15, 0.2) is 86.3 Å². The van der Waals surface area contributed by atoms with Crippen molar-refractivity contribution in [2.75, 3.05) is 5.73 Å². The van der Waals surface area contributed by atoms with E-state index in [0.29, 0.717) is 0 Å². The van der Waals surface area contributed by atoms with Crippen LogP contribution in [0.3, 0.4) is 0 Å². The van der Waals surface area contributed by atoms with E-state index in [0.717, 1.165) is 17.2 Å². The highest BCUT2D eigenvalue weighted by Crippen LogP contribution is 2.30. The van der Waals surface area contributed by atoms with E-state index < -0.39 is 19.7 Å². The first-order valence-corrected chi connectivity index (χ1v) is 11.1. The Morgan fingerprint density at radius 2 is 1.00 bits per heavy atom. The Kier molecular flexibility index (Phi) is 4.84. The van der Waals surface area contributed by atoms with E-state index in [2.05, 4.69) is 0 Å². The van der Waals surface area contributed by atoms with Gasteiger partial charge in [0.05, 0.1) is 25.3 Å². The van der Waals surface area contributed by atoms with Crippen LogP contribution >= 0.6 is 0 Å². The molecular formula is C20H19NO4S2. The van der Waals surface area contributed by atoms with Gasteiger partial charge in [-0.3, -0.25) is 0 Å². The lowest BCUT2D eigenvalue weighted by Gasteiger charge is -2.11. The highest BCUT2D eigenvalue weighted by Gasteiger charge is 2.25. The third-order valence-electron chi connectivity index (χ3n) is 4.25. The van der Waals surface area contributed by atoms with E-state index >= 15 is 0 Å². The van der Waals surface area contributed by atoms with Crippen LogP contribution in [0.25, 0.3) is 0 Å². The van der Waals surface area contributed by atoms with Crippen molar-refractivity contribution in [2.24, 2.45) is 0 Å². The molecule has 0 aliphatic rings. The lowest BCUT2D eigenvalue weighted by atomic mass is 10.2. The standard InChI is InChI=1S/C20H19NO4S2/c1-14-3-7-16(8-4-14)26(22,23)18-11-12-19(21)20(13-18)27(24,25)17-9-5-15(2)6-10-17/h3-13H,21H2,1-2H3. The van der Waals surface area contributed by atoms with Crippen molar-refractivity contribution in [1.82, 2.24) is 0 Å². The van der Waals surface area contributed by atoms with Gasteiger partial charge in [0.25, 0.3) is 0 Å². The van der Waals surface area contributed by atoms with Crippen LogP contribution in [0, 0.1) is 13.8 Å². The number of benzene rings is 3. The zero-order valence-electron chi connectivity index (χ0n) is 14.9. The molecular weight excluding hydrogens is 382 g/mol. The molecule has 0 aliphatic heterocycles. The molecule has 0 saturated heterocycles. The summed E-state index contributed by atoms with van der Waals surface area (Å²) in [5.41, 5.74) is 7.71. The Morgan fingerprint density at radius 1 is 0.593 bits per heavy atom. The molecule has 0 aliphatic carbocycles. The Hall–Kier alpha value is -2.64. The van der Waals surface area contributed by atoms with Crippen molar-refractivity contribution in [3.05, 3.63) is 77.9 Å². The molecule has 0 bridgehead atoms. The van der Waals surface area contributed by atoms with Gasteiger partial charge in [-0.2, -0.15) is 0 Å².